The number of rotatable bonds is 6. The highest BCUT2D eigenvalue weighted by Crippen LogP contribution is 2.22. The fourth-order valence-electron chi connectivity index (χ4n) is 1.98. The third-order valence-corrected chi connectivity index (χ3v) is 3.17. The standard InChI is InChI=1S/C16H23NO2/c1-11(2)15(10-14-8-6-5-7-9-14)13(4)19-16(18)12(3)17/h5-9,12-13,15H,1,10,17H2,2-4H3/t12?,13-,15+/m0/s1. The monoisotopic (exact) mass is 261 g/mol. The summed E-state index contributed by atoms with van der Waals surface area (Å²) in [5.74, 6) is -0.267. The van der Waals surface area contributed by atoms with Crippen molar-refractivity contribution in [2.45, 2.75) is 39.3 Å². The first kappa shape index (κ1) is 15.4. The number of ether oxygens (including phenoxy) is 1. The van der Waals surface area contributed by atoms with Crippen LogP contribution in [0.25, 0.3) is 0 Å². The van der Waals surface area contributed by atoms with E-state index in [9.17, 15) is 4.79 Å². The lowest BCUT2D eigenvalue weighted by atomic mass is 9.89. The molecular weight excluding hydrogens is 238 g/mol. The molecule has 3 nitrogen and oxygen atoms in total. The Morgan fingerprint density at radius 2 is 1.89 bits per heavy atom. The third-order valence-electron chi connectivity index (χ3n) is 3.17. The fraction of sp³-hybridized carbons (Fsp3) is 0.438. The van der Waals surface area contributed by atoms with Gasteiger partial charge in [-0.2, -0.15) is 0 Å². The van der Waals surface area contributed by atoms with Crippen molar-refractivity contribution in [3.63, 3.8) is 0 Å². The van der Waals surface area contributed by atoms with Gasteiger partial charge in [0.2, 0.25) is 0 Å². The summed E-state index contributed by atoms with van der Waals surface area (Å²) in [6, 6.07) is 9.53. The second-order valence-corrected chi connectivity index (χ2v) is 5.07. The number of hydrogen-bond donors (Lipinski definition) is 1. The van der Waals surface area contributed by atoms with Gasteiger partial charge in [-0.1, -0.05) is 42.5 Å². The number of carbonyl (C=O) groups excluding carboxylic acids is 1. The Morgan fingerprint density at radius 1 is 1.32 bits per heavy atom. The molecule has 0 saturated heterocycles. The molecule has 0 aliphatic rings. The van der Waals surface area contributed by atoms with Crippen LogP contribution in [-0.4, -0.2) is 18.1 Å². The van der Waals surface area contributed by atoms with E-state index in [0.717, 1.165) is 12.0 Å². The quantitative estimate of drug-likeness (QED) is 0.632. The van der Waals surface area contributed by atoms with Crippen LogP contribution in [0.2, 0.25) is 0 Å². The van der Waals surface area contributed by atoms with Crippen LogP contribution in [0.5, 0.6) is 0 Å². The molecule has 1 aromatic carbocycles. The summed E-state index contributed by atoms with van der Waals surface area (Å²) in [5.41, 5.74) is 7.73. The summed E-state index contributed by atoms with van der Waals surface area (Å²) in [6.07, 6.45) is 0.583. The van der Waals surface area contributed by atoms with Gasteiger partial charge in [0.25, 0.3) is 0 Å². The molecule has 0 amide bonds. The van der Waals surface area contributed by atoms with Gasteiger partial charge in [0.15, 0.2) is 0 Å². The molecule has 0 aliphatic carbocycles. The predicted molar refractivity (Wildman–Crippen MR) is 77.7 cm³/mol. The van der Waals surface area contributed by atoms with Crippen molar-refractivity contribution in [1.29, 1.82) is 0 Å². The first-order valence-corrected chi connectivity index (χ1v) is 6.57. The Kier molecular flexibility index (Phi) is 5.77. The minimum absolute atomic E-state index is 0.102. The van der Waals surface area contributed by atoms with Gasteiger partial charge in [0.1, 0.15) is 12.1 Å². The molecule has 0 saturated carbocycles. The van der Waals surface area contributed by atoms with E-state index in [1.165, 1.54) is 5.56 Å². The van der Waals surface area contributed by atoms with Crippen molar-refractivity contribution in [2.24, 2.45) is 11.7 Å². The van der Waals surface area contributed by atoms with Crippen molar-refractivity contribution in [2.75, 3.05) is 0 Å². The molecule has 104 valence electrons. The summed E-state index contributed by atoms with van der Waals surface area (Å²) in [4.78, 5) is 11.6. The van der Waals surface area contributed by atoms with E-state index in [1.807, 2.05) is 32.0 Å². The summed E-state index contributed by atoms with van der Waals surface area (Å²) in [6.45, 7) is 9.48. The molecule has 0 spiro atoms. The van der Waals surface area contributed by atoms with Crippen LogP contribution < -0.4 is 5.73 Å². The molecule has 1 unspecified atom stereocenters. The van der Waals surface area contributed by atoms with E-state index in [0.29, 0.717) is 0 Å². The van der Waals surface area contributed by atoms with Gasteiger partial charge < -0.3 is 10.5 Å². The number of hydrogen-bond acceptors (Lipinski definition) is 3. The molecule has 0 aromatic heterocycles. The average molecular weight is 261 g/mol. The van der Waals surface area contributed by atoms with Crippen LogP contribution in [0.3, 0.4) is 0 Å². The normalized spacial score (nSPS) is 15.4. The largest absolute Gasteiger partial charge is 0.461 e. The van der Waals surface area contributed by atoms with Gasteiger partial charge in [0.05, 0.1) is 0 Å². The van der Waals surface area contributed by atoms with Gasteiger partial charge in [0, 0.05) is 5.92 Å². The molecule has 1 rings (SSSR count). The molecule has 0 bridgehead atoms. The van der Waals surface area contributed by atoms with E-state index < -0.39 is 6.04 Å². The van der Waals surface area contributed by atoms with Crippen molar-refractivity contribution < 1.29 is 9.53 Å². The minimum atomic E-state index is -0.593. The van der Waals surface area contributed by atoms with Crippen molar-refractivity contribution in [1.82, 2.24) is 0 Å². The van der Waals surface area contributed by atoms with Crippen molar-refractivity contribution >= 4 is 5.97 Å². The highest BCUT2D eigenvalue weighted by Gasteiger charge is 2.23. The maximum Gasteiger partial charge on any atom is 0.322 e. The van der Waals surface area contributed by atoms with E-state index in [4.69, 9.17) is 10.5 Å². The Balaban J connectivity index is 2.72. The molecular formula is C16H23NO2. The van der Waals surface area contributed by atoms with Crippen molar-refractivity contribution in [3.05, 3.63) is 48.0 Å². The zero-order valence-electron chi connectivity index (χ0n) is 11.9. The fourth-order valence-corrected chi connectivity index (χ4v) is 1.98. The van der Waals surface area contributed by atoms with E-state index in [-0.39, 0.29) is 18.0 Å². The van der Waals surface area contributed by atoms with Crippen LogP contribution in [0.4, 0.5) is 0 Å². The second-order valence-electron chi connectivity index (χ2n) is 5.07. The first-order valence-electron chi connectivity index (χ1n) is 6.57. The van der Waals surface area contributed by atoms with Gasteiger partial charge >= 0.3 is 5.97 Å². The molecule has 0 heterocycles. The Hall–Kier alpha value is -1.61. The van der Waals surface area contributed by atoms with Gasteiger partial charge in [-0.05, 0) is 32.8 Å². The van der Waals surface area contributed by atoms with Gasteiger partial charge in [-0.15, -0.1) is 0 Å². The zero-order chi connectivity index (χ0) is 14.4. The summed E-state index contributed by atoms with van der Waals surface area (Å²) in [7, 11) is 0. The number of carbonyl (C=O) groups is 1. The van der Waals surface area contributed by atoms with Gasteiger partial charge in [-0.3, -0.25) is 4.79 Å². The van der Waals surface area contributed by atoms with Gasteiger partial charge in [-0.25, -0.2) is 0 Å². The van der Waals surface area contributed by atoms with E-state index in [1.54, 1.807) is 6.92 Å². The van der Waals surface area contributed by atoms with Crippen LogP contribution in [-0.2, 0) is 16.0 Å². The first-order chi connectivity index (χ1) is 8.91. The molecule has 19 heavy (non-hydrogen) atoms. The molecule has 0 radical (unpaired) electrons. The molecule has 0 aliphatic heterocycles. The number of esters is 1. The summed E-state index contributed by atoms with van der Waals surface area (Å²) < 4.78 is 5.38. The highest BCUT2D eigenvalue weighted by atomic mass is 16.5. The lowest BCUT2D eigenvalue weighted by Gasteiger charge is -2.25. The van der Waals surface area contributed by atoms with E-state index in [2.05, 4.69) is 18.7 Å². The van der Waals surface area contributed by atoms with Crippen LogP contribution in [0.1, 0.15) is 26.3 Å². The highest BCUT2D eigenvalue weighted by molar-refractivity contribution is 5.75. The topological polar surface area (TPSA) is 52.3 Å². The summed E-state index contributed by atoms with van der Waals surface area (Å²) in [5, 5.41) is 0. The van der Waals surface area contributed by atoms with E-state index >= 15 is 0 Å². The van der Waals surface area contributed by atoms with Crippen LogP contribution in [0.15, 0.2) is 42.5 Å². The Morgan fingerprint density at radius 3 is 2.37 bits per heavy atom. The lowest BCUT2D eigenvalue weighted by molar-refractivity contribution is -0.151. The smallest absolute Gasteiger partial charge is 0.322 e. The van der Waals surface area contributed by atoms with Crippen LogP contribution >= 0.6 is 0 Å². The predicted octanol–water partition coefficient (Wildman–Crippen LogP) is 2.70. The van der Waals surface area contributed by atoms with Crippen molar-refractivity contribution in [3.8, 4) is 0 Å². The maximum atomic E-state index is 11.6. The molecule has 0 fully saturated rings. The molecule has 3 atom stereocenters. The molecule has 2 N–H and O–H groups in total. The SMILES string of the molecule is C=C(C)[C@@H](Cc1ccccc1)[C@H](C)OC(=O)C(C)N. The lowest BCUT2D eigenvalue weighted by Crippen LogP contribution is -2.34. The maximum absolute atomic E-state index is 11.6. The average Bonchev–Trinajstić information content (AvgIpc) is 2.36. The Bertz CT molecular complexity index is 426. The number of nitrogens with two attached hydrogens (primary N) is 1. The molecule has 3 heteroatoms. The minimum Gasteiger partial charge on any atom is -0.461 e. The second kappa shape index (κ2) is 7.10. The molecule has 1 aromatic rings. The summed E-state index contributed by atoms with van der Waals surface area (Å²) >= 11 is 0. The Labute approximate surface area is 115 Å². The third kappa shape index (κ3) is 4.87. The number of benzene rings is 1. The zero-order valence-corrected chi connectivity index (χ0v) is 11.9. The van der Waals surface area contributed by atoms with Crippen LogP contribution in [0, 0.1) is 5.92 Å².